The molecule has 0 aromatic rings. The van der Waals surface area contributed by atoms with E-state index >= 15 is 0 Å². The molecule has 194 valence electrons. The van der Waals surface area contributed by atoms with Crippen molar-refractivity contribution in [3.05, 3.63) is 0 Å². The zero-order valence-corrected chi connectivity index (χ0v) is 20.2. The van der Waals surface area contributed by atoms with Gasteiger partial charge in [-0.25, -0.2) is 0 Å². The van der Waals surface area contributed by atoms with Gasteiger partial charge in [-0.2, -0.15) is 0 Å². The fraction of sp³-hybridized carbons (Fsp3) is 0.792. The first-order valence-electron chi connectivity index (χ1n) is 13.0. The molecular weight excluding hydrogens is 454 g/mol. The highest BCUT2D eigenvalue weighted by Gasteiger charge is 2.55. The van der Waals surface area contributed by atoms with Crippen LogP contribution in [0, 0.1) is 11.8 Å². The summed E-state index contributed by atoms with van der Waals surface area (Å²) in [6, 6.07) is -1.73. The standard InChI is InChI=1S/C24H37N5O6/c30-19(26-9-1-2-10-27-22(33)16-7-11-25-12-8-16)14-28-18(13-20(31)32)23(34)29-17-5-3-15(4-6-17)21(29)24(28)35/h15-18,21,25H,1-14H2,(H,26,30)(H,27,33)(H,31,32)/t15?,17?,18-,21-/m0/s1. The first-order valence-corrected chi connectivity index (χ1v) is 13.0. The van der Waals surface area contributed by atoms with Gasteiger partial charge in [0.05, 0.1) is 6.42 Å². The van der Waals surface area contributed by atoms with Gasteiger partial charge in [0.15, 0.2) is 0 Å². The van der Waals surface area contributed by atoms with E-state index in [-0.39, 0.29) is 42.1 Å². The van der Waals surface area contributed by atoms with Crippen LogP contribution in [0.2, 0.25) is 0 Å². The molecule has 11 heteroatoms. The Morgan fingerprint density at radius 3 is 2.23 bits per heavy atom. The smallest absolute Gasteiger partial charge is 0.305 e. The van der Waals surface area contributed by atoms with Gasteiger partial charge in [-0.3, -0.25) is 24.0 Å². The number of carboxylic acids is 1. The molecule has 5 aliphatic rings. The maximum atomic E-state index is 13.3. The van der Waals surface area contributed by atoms with E-state index in [0.717, 1.165) is 51.6 Å². The number of hydrogen-bond acceptors (Lipinski definition) is 6. The minimum absolute atomic E-state index is 0.0102. The van der Waals surface area contributed by atoms with Crippen LogP contribution < -0.4 is 16.0 Å². The Kier molecular flexibility index (Phi) is 8.25. The quantitative estimate of drug-likeness (QED) is 0.300. The number of nitrogens with zero attached hydrogens (tertiary/aromatic N) is 2. The molecule has 2 atom stereocenters. The molecule has 1 saturated carbocycles. The van der Waals surface area contributed by atoms with Crippen LogP contribution in [0.15, 0.2) is 0 Å². The molecular formula is C24H37N5O6. The van der Waals surface area contributed by atoms with E-state index in [1.165, 1.54) is 4.90 Å². The molecule has 0 aromatic heterocycles. The predicted octanol–water partition coefficient (Wildman–Crippen LogP) is -0.546. The van der Waals surface area contributed by atoms with Crippen molar-refractivity contribution in [3.63, 3.8) is 0 Å². The van der Waals surface area contributed by atoms with Crippen molar-refractivity contribution in [1.29, 1.82) is 0 Å². The number of fused-ring (bicyclic) bond motifs is 2. The Labute approximate surface area is 205 Å². The molecule has 5 rings (SSSR count). The Hall–Kier alpha value is -2.69. The van der Waals surface area contributed by atoms with Crippen molar-refractivity contribution in [1.82, 2.24) is 25.8 Å². The number of rotatable bonds is 10. The van der Waals surface area contributed by atoms with Gasteiger partial charge in [0.2, 0.25) is 23.6 Å². The summed E-state index contributed by atoms with van der Waals surface area (Å²) in [6.07, 6.45) is 6.01. The van der Waals surface area contributed by atoms with Crippen LogP contribution in [-0.2, 0) is 24.0 Å². The molecule has 4 saturated heterocycles. The Balaban J connectivity index is 1.24. The van der Waals surface area contributed by atoms with E-state index < -0.39 is 30.4 Å². The fourth-order valence-corrected chi connectivity index (χ4v) is 6.10. The largest absolute Gasteiger partial charge is 0.481 e. The predicted molar refractivity (Wildman–Crippen MR) is 125 cm³/mol. The van der Waals surface area contributed by atoms with Crippen molar-refractivity contribution < 1.29 is 29.1 Å². The molecule has 0 aromatic carbocycles. The summed E-state index contributed by atoms with van der Waals surface area (Å²) >= 11 is 0. The van der Waals surface area contributed by atoms with Crippen molar-refractivity contribution >= 4 is 29.6 Å². The summed E-state index contributed by atoms with van der Waals surface area (Å²) in [5, 5.41) is 18.3. The normalized spacial score (nSPS) is 28.6. The maximum Gasteiger partial charge on any atom is 0.305 e. The Morgan fingerprint density at radius 1 is 0.914 bits per heavy atom. The van der Waals surface area contributed by atoms with Crippen molar-refractivity contribution in [2.24, 2.45) is 11.8 Å². The van der Waals surface area contributed by atoms with Gasteiger partial charge in [0, 0.05) is 25.0 Å². The number of aliphatic carboxylic acids is 1. The minimum atomic E-state index is -1.17. The van der Waals surface area contributed by atoms with Crippen LogP contribution in [0.25, 0.3) is 0 Å². The second-order valence-corrected chi connectivity index (χ2v) is 10.2. The lowest BCUT2D eigenvalue weighted by Crippen LogP contribution is -2.72. The zero-order chi connectivity index (χ0) is 24.9. The lowest BCUT2D eigenvalue weighted by molar-refractivity contribution is -0.177. The van der Waals surface area contributed by atoms with Gasteiger partial charge in [0.1, 0.15) is 18.6 Å². The van der Waals surface area contributed by atoms with E-state index in [4.69, 9.17) is 0 Å². The third kappa shape index (κ3) is 5.76. The summed E-state index contributed by atoms with van der Waals surface area (Å²) in [7, 11) is 0. The van der Waals surface area contributed by atoms with E-state index in [1.54, 1.807) is 4.90 Å². The number of carboxylic acid groups (broad SMARTS) is 1. The monoisotopic (exact) mass is 491 g/mol. The maximum absolute atomic E-state index is 13.3. The lowest BCUT2D eigenvalue weighted by atomic mass is 9.72. The first-order chi connectivity index (χ1) is 16.9. The molecule has 4 aliphatic heterocycles. The highest BCUT2D eigenvalue weighted by atomic mass is 16.4. The number of carbonyl (C=O) groups is 5. The third-order valence-electron chi connectivity index (χ3n) is 7.95. The average Bonchev–Trinajstić information content (AvgIpc) is 2.87. The van der Waals surface area contributed by atoms with Gasteiger partial charge in [-0.1, -0.05) is 0 Å². The second-order valence-electron chi connectivity index (χ2n) is 10.2. The summed E-state index contributed by atoms with van der Waals surface area (Å²) in [5.74, 6) is -2.01. The number of unbranched alkanes of at least 4 members (excludes halogenated alkanes) is 1. The summed E-state index contributed by atoms with van der Waals surface area (Å²) in [6.45, 7) is 2.32. The van der Waals surface area contributed by atoms with Crippen LogP contribution in [0.3, 0.4) is 0 Å². The first kappa shape index (κ1) is 25.4. The lowest BCUT2D eigenvalue weighted by Gasteiger charge is -2.56. The number of nitrogens with one attached hydrogen (secondary N) is 3. The van der Waals surface area contributed by atoms with Gasteiger partial charge < -0.3 is 30.9 Å². The number of piperidine rings is 3. The van der Waals surface area contributed by atoms with Crippen molar-refractivity contribution in [2.75, 3.05) is 32.7 Å². The molecule has 1 aliphatic carbocycles. The highest BCUT2D eigenvalue weighted by molar-refractivity contribution is 6.01. The average molecular weight is 492 g/mol. The van der Waals surface area contributed by atoms with E-state index in [9.17, 15) is 29.1 Å². The number of carbonyl (C=O) groups excluding carboxylic acids is 4. The van der Waals surface area contributed by atoms with Crippen LogP contribution in [0.1, 0.15) is 57.8 Å². The molecule has 4 amide bonds. The fourth-order valence-electron chi connectivity index (χ4n) is 6.10. The second kappa shape index (κ2) is 11.4. The van der Waals surface area contributed by atoms with Gasteiger partial charge in [-0.15, -0.1) is 0 Å². The van der Waals surface area contributed by atoms with E-state index in [0.29, 0.717) is 25.9 Å². The summed E-state index contributed by atoms with van der Waals surface area (Å²) < 4.78 is 0. The SMILES string of the molecule is O=C(O)C[C@H]1C(=O)N2C3CCC(CC3)[C@H]2C(=O)N1CC(=O)NCCCCNC(=O)C1CCNCC1. The Bertz CT molecular complexity index is 836. The molecule has 11 nitrogen and oxygen atoms in total. The van der Waals surface area contributed by atoms with E-state index in [1.807, 2.05) is 0 Å². The third-order valence-corrected chi connectivity index (χ3v) is 7.95. The van der Waals surface area contributed by atoms with E-state index in [2.05, 4.69) is 16.0 Å². The van der Waals surface area contributed by atoms with Crippen LogP contribution in [0.4, 0.5) is 0 Å². The molecule has 35 heavy (non-hydrogen) atoms. The Morgan fingerprint density at radius 2 is 1.57 bits per heavy atom. The molecule has 2 bridgehead atoms. The minimum Gasteiger partial charge on any atom is -0.481 e. The topological polar surface area (TPSA) is 148 Å². The summed E-state index contributed by atoms with van der Waals surface area (Å²) in [5.41, 5.74) is 0. The van der Waals surface area contributed by atoms with Gasteiger partial charge in [-0.05, 0) is 70.4 Å². The molecule has 5 fully saturated rings. The van der Waals surface area contributed by atoms with Crippen LogP contribution in [-0.4, -0.2) is 95.4 Å². The number of amides is 4. The highest BCUT2D eigenvalue weighted by Crippen LogP contribution is 2.43. The number of piperazine rings is 1. The van der Waals surface area contributed by atoms with Crippen molar-refractivity contribution in [2.45, 2.75) is 75.9 Å². The van der Waals surface area contributed by atoms with Crippen LogP contribution in [0.5, 0.6) is 0 Å². The van der Waals surface area contributed by atoms with Gasteiger partial charge in [0.25, 0.3) is 0 Å². The molecule has 0 unspecified atom stereocenters. The molecule has 4 heterocycles. The van der Waals surface area contributed by atoms with Gasteiger partial charge >= 0.3 is 5.97 Å². The summed E-state index contributed by atoms with van der Waals surface area (Å²) in [4.78, 5) is 65.6. The molecule has 0 spiro atoms. The van der Waals surface area contributed by atoms with Crippen molar-refractivity contribution in [3.8, 4) is 0 Å². The number of hydrogen-bond donors (Lipinski definition) is 4. The zero-order valence-electron chi connectivity index (χ0n) is 20.2. The molecule has 0 radical (unpaired) electrons. The van der Waals surface area contributed by atoms with Crippen LogP contribution >= 0.6 is 0 Å². The molecule has 4 N–H and O–H groups in total.